The second kappa shape index (κ2) is 27.7. The van der Waals surface area contributed by atoms with Crippen LogP contribution in [0.25, 0.3) is 0 Å². The molecule has 0 aromatic heterocycles. The van der Waals surface area contributed by atoms with Crippen molar-refractivity contribution in [3.8, 4) is 0 Å². The number of hydrogen-bond donors (Lipinski definition) is 0. The van der Waals surface area contributed by atoms with E-state index in [1.807, 2.05) is 0 Å². The molecule has 212 valence electrons. The molecule has 0 aliphatic rings. The van der Waals surface area contributed by atoms with Crippen LogP contribution >= 0.6 is 0 Å². The Kier molecular flexibility index (Phi) is 31.2. The van der Waals surface area contributed by atoms with Crippen LogP contribution in [0.15, 0.2) is 24.3 Å². The maximum absolute atomic E-state index is 2.39. The minimum atomic E-state index is 0. The average molecular weight is 629 g/mol. The van der Waals surface area contributed by atoms with Gasteiger partial charge in [0.1, 0.15) is 0 Å². The van der Waals surface area contributed by atoms with Crippen molar-refractivity contribution in [1.82, 2.24) is 0 Å². The molecule has 2 rings (SSSR count). The molecule has 0 nitrogen and oxygen atoms in total. The van der Waals surface area contributed by atoms with Gasteiger partial charge in [-0.2, -0.15) is 45.5 Å². The third kappa shape index (κ3) is 16.8. The first-order valence-electron chi connectivity index (χ1n) is 15.2. The van der Waals surface area contributed by atoms with Gasteiger partial charge in [0.25, 0.3) is 0 Å². The van der Waals surface area contributed by atoms with Crippen molar-refractivity contribution in [3.05, 3.63) is 57.6 Å². The first kappa shape index (κ1) is 41.6. The smallest absolute Gasteiger partial charge is 1.00 e. The van der Waals surface area contributed by atoms with Crippen LogP contribution in [0.2, 0.25) is 0 Å². The molecule has 3 heteroatoms. The van der Waals surface area contributed by atoms with E-state index in [2.05, 4.69) is 65.8 Å². The summed E-state index contributed by atoms with van der Waals surface area (Å²) in [6.07, 6.45) is 23.7. The Morgan fingerprint density at radius 1 is 0.459 bits per heavy atom. The van der Waals surface area contributed by atoms with Gasteiger partial charge < -0.3 is 24.8 Å². The second-order valence-corrected chi connectivity index (χ2v) is 10.3. The third-order valence-electron chi connectivity index (χ3n) is 7.28. The fraction of sp³-hybridized carbons (Fsp3) is 0.706. The summed E-state index contributed by atoms with van der Waals surface area (Å²) in [6, 6.07) is 9.58. The van der Waals surface area contributed by atoms with Crippen LogP contribution in [-0.2, 0) is 64.7 Å². The SMILES string of the molecule is CCCCc1cc[c-](CCCC)c1CCCC.CCCCc1cc[c-](CCCC)c1CCCC.[Cl-].[Cl-].[Zr+4]. The standard InChI is InChI=1S/2C17H29.2ClH.Zr/c2*1-4-7-10-15-13-14-16(11-8-5-2)17(15)12-9-6-3;;;/h2*13-14H,4-12H2,1-3H3;2*1H;/q2*-1;;;+4/p-2. The number of rotatable bonds is 18. The Balaban J connectivity index is -0.000000578. The Labute approximate surface area is 264 Å². The minimum absolute atomic E-state index is 0. The molecule has 0 bridgehead atoms. The van der Waals surface area contributed by atoms with Gasteiger partial charge >= 0.3 is 26.2 Å². The summed E-state index contributed by atoms with van der Waals surface area (Å²) in [7, 11) is 0. The quantitative estimate of drug-likeness (QED) is 0.207. The van der Waals surface area contributed by atoms with Crippen LogP contribution in [0, 0.1) is 0 Å². The van der Waals surface area contributed by atoms with Gasteiger partial charge in [-0.1, -0.05) is 157 Å². The summed E-state index contributed by atoms with van der Waals surface area (Å²) in [6.45, 7) is 13.7. The van der Waals surface area contributed by atoms with Gasteiger partial charge in [0.15, 0.2) is 0 Å². The van der Waals surface area contributed by atoms with E-state index >= 15 is 0 Å². The molecule has 0 unspecified atom stereocenters. The molecule has 0 atom stereocenters. The maximum Gasteiger partial charge on any atom is 4.00 e. The molecule has 37 heavy (non-hydrogen) atoms. The van der Waals surface area contributed by atoms with Crippen molar-refractivity contribution in [2.75, 3.05) is 0 Å². The molecular formula is C34H58Cl2Zr. The summed E-state index contributed by atoms with van der Waals surface area (Å²) in [5.41, 5.74) is 9.98. The van der Waals surface area contributed by atoms with Crippen molar-refractivity contribution < 1.29 is 51.0 Å². The molecule has 0 heterocycles. The topological polar surface area (TPSA) is 0 Å². The summed E-state index contributed by atoms with van der Waals surface area (Å²) in [4.78, 5) is 0. The first-order chi connectivity index (χ1) is 16.7. The molecule has 0 fully saturated rings. The van der Waals surface area contributed by atoms with Gasteiger partial charge in [-0.15, -0.1) is 0 Å². The molecule has 0 saturated heterocycles. The van der Waals surface area contributed by atoms with Gasteiger partial charge in [0.2, 0.25) is 0 Å². The molecule has 0 amide bonds. The van der Waals surface area contributed by atoms with Gasteiger partial charge in [-0.3, -0.25) is 0 Å². The number of aryl methyl sites for hydroxylation is 4. The monoisotopic (exact) mass is 626 g/mol. The van der Waals surface area contributed by atoms with E-state index in [4.69, 9.17) is 0 Å². The molecule has 0 aliphatic heterocycles. The van der Waals surface area contributed by atoms with Crippen molar-refractivity contribution in [1.29, 1.82) is 0 Å². The number of unbranched alkanes of at least 4 members (excludes halogenated alkanes) is 6. The predicted molar refractivity (Wildman–Crippen MR) is 156 cm³/mol. The largest absolute Gasteiger partial charge is 4.00 e. The normalized spacial score (nSPS) is 10.1. The van der Waals surface area contributed by atoms with Crippen molar-refractivity contribution in [3.63, 3.8) is 0 Å². The Morgan fingerprint density at radius 2 is 0.757 bits per heavy atom. The summed E-state index contributed by atoms with van der Waals surface area (Å²) in [5.74, 6) is 0. The van der Waals surface area contributed by atoms with Crippen LogP contribution in [0.5, 0.6) is 0 Å². The number of hydrogen-bond acceptors (Lipinski definition) is 0. The average Bonchev–Trinajstić information content (AvgIpc) is 3.43. The van der Waals surface area contributed by atoms with E-state index in [0.717, 1.165) is 0 Å². The predicted octanol–water partition coefficient (Wildman–Crippen LogP) is 4.87. The van der Waals surface area contributed by atoms with Gasteiger partial charge in [0.05, 0.1) is 0 Å². The molecular weight excluding hydrogens is 571 g/mol. The van der Waals surface area contributed by atoms with Crippen molar-refractivity contribution in [2.45, 2.75) is 157 Å². The second-order valence-electron chi connectivity index (χ2n) is 10.3. The molecule has 0 aliphatic carbocycles. The van der Waals surface area contributed by atoms with Crippen LogP contribution in [-0.4, -0.2) is 0 Å². The zero-order valence-corrected chi connectivity index (χ0v) is 29.3. The minimum Gasteiger partial charge on any atom is -1.00 e. The van der Waals surface area contributed by atoms with Crippen molar-refractivity contribution >= 4 is 0 Å². The van der Waals surface area contributed by atoms with E-state index in [1.165, 1.54) is 116 Å². The van der Waals surface area contributed by atoms with Crippen LogP contribution < -0.4 is 24.8 Å². The van der Waals surface area contributed by atoms with Crippen LogP contribution in [0.1, 0.15) is 152 Å². The van der Waals surface area contributed by atoms with Gasteiger partial charge in [0, 0.05) is 0 Å². The summed E-state index contributed by atoms with van der Waals surface area (Å²) in [5, 5.41) is 0. The van der Waals surface area contributed by atoms with Crippen LogP contribution in [0.4, 0.5) is 0 Å². The Bertz CT molecular complexity index is 615. The fourth-order valence-electron chi connectivity index (χ4n) is 4.97. The first-order valence-corrected chi connectivity index (χ1v) is 15.2. The Hall–Kier alpha value is 0.163. The van der Waals surface area contributed by atoms with E-state index in [-0.39, 0.29) is 51.0 Å². The summed E-state index contributed by atoms with van der Waals surface area (Å²) >= 11 is 0. The summed E-state index contributed by atoms with van der Waals surface area (Å²) < 4.78 is 0. The zero-order valence-electron chi connectivity index (χ0n) is 25.3. The molecule has 0 N–H and O–H groups in total. The zero-order chi connectivity index (χ0) is 25.0. The van der Waals surface area contributed by atoms with Gasteiger partial charge in [-0.05, 0) is 0 Å². The van der Waals surface area contributed by atoms with Crippen molar-refractivity contribution in [2.24, 2.45) is 0 Å². The maximum atomic E-state index is 2.39. The molecule has 2 aromatic carbocycles. The molecule has 0 radical (unpaired) electrons. The van der Waals surface area contributed by atoms with Crippen LogP contribution in [0.3, 0.4) is 0 Å². The number of halogens is 2. The fourth-order valence-corrected chi connectivity index (χ4v) is 4.97. The van der Waals surface area contributed by atoms with Gasteiger partial charge in [-0.25, -0.2) is 12.1 Å². The molecule has 0 spiro atoms. The Morgan fingerprint density at radius 3 is 1.05 bits per heavy atom. The van der Waals surface area contributed by atoms with E-state index in [0.29, 0.717) is 0 Å². The molecule has 2 aromatic rings. The van der Waals surface area contributed by atoms with E-state index in [9.17, 15) is 0 Å². The van der Waals surface area contributed by atoms with E-state index < -0.39 is 0 Å². The molecule has 0 saturated carbocycles. The third-order valence-corrected chi connectivity index (χ3v) is 7.28. The van der Waals surface area contributed by atoms with E-state index in [1.54, 1.807) is 33.4 Å².